The molecule has 658 valence electrons. The first-order chi connectivity index (χ1) is 55.9. The minimum atomic E-state index is -6.21. The zero-order chi connectivity index (χ0) is 93.7. The second-order valence-corrected chi connectivity index (χ2v) is 30.7. The van der Waals surface area contributed by atoms with Crippen LogP contribution in [0.4, 0.5) is 97.9 Å². The third-order valence-corrected chi connectivity index (χ3v) is 22.5. The number of aromatic carboxylic acids is 1. The van der Waals surface area contributed by atoms with Gasteiger partial charge in [0.25, 0.3) is 23.6 Å². The smallest absolute Gasteiger partial charge is 0.421 e. The highest BCUT2D eigenvalue weighted by molar-refractivity contribution is 6.35. The zero-order valence-corrected chi connectivity index (χ0v) is 66.7. The van der Waals surface area contributed by atoms with Gasteiger partial charge in [-0.05, 0) is 219 Å². The Morgan fingerprint density at radius 2 is 0.715 bits per heavy atom. The van der Waals surface area contributed by atoms with Gasteiger partial charge in [0.2, 0.25) is 5.41 Å². The van der Waals surface area contributed by atoms with Gasteiger partial charge in [-0.15, -0.1) is 0 Å². The van der Waals surface area contributed by atoms with Crippen LogP contribution in [0.5, 0.6) is 0 Å². The molecule has 0 radical (unpaired) electrons. The molecule has 2 heterocycles. The molecule has 0 fully saturated rings. The van der Waals surface area contributed by atoms with Gasteiger partial charge in [0.1, 0.15) is 5.41 Å². The number of benzene rings is 8. The molecule has 2 aliphatic heterocycles. The van der Waals surface area contributed by atoms with Crippen molar-refractivity contribution in [2.75, 3.05) is 11.9 Å². The number of rotatable bonds is 19. The molecule has 5 N–H and O–H groups in total. The van der Waals surface area contributed by atoms with Crippen LogP contribution in [0.1, 0.15) is 226 Å². The highest BCUT2D eigenvalue weighted by atomic mass is 19.4. The lowest BCUT2D eigenvalue weighted by atomic mass is 9.72. The van der Waals surface area contributed by atoms with Gasteiger partial charge in [-0.2, -0.15) is 102 Å². The molecule has 5 atom stereocenters. The summed E-state index contributed by atoms with van der Waals surface area (Å²) in [5, 5.41) is 52.4. The largest absolute Gasteiger partial charge is 0.478 e. The van der Waals surface area contributed by atoms with Crippen molar-refractivity contribution in [3.8, 4) is 0 Å². The lowest BCUT2D eigenvalue weighted by Crippen LogP contribution is -2.54. The third-order valence-electron chi connectivity index (χ3n) is 22.5. The van der Waals surface area contributed by atoms with Crippen LogP contribution in [0.3, 0.4) is 0 Å². The van der Waals surface area contributed by atoms with Crippen LogP contribution in [-0.2, 0) is 62.1 Å². The van der Waals surface area contributed by atoms with Crippen molar-refractivity contribution in [3.05, 3.63) is 272 Å². The van der Waals surface area contributed by atoms with E-state index in [0.717, 1.165) is 79.5 Å². The number of carboxylic acids is 1. The molecule has 0 saturated carbocycles. The molecule has 16 nitrogen and oxygen atoms in total. The monoisotopic (exact) mass is 1760 g/mol. The number of anilines is 1. The molecular formula is C86H73F21N2O14. The van der Waals surface area contributed by atoms with Crippen molar-refractivity contribution in [2.24, 2.45) is 0 Å². The topological polar surface area (TPSA) is 261 Å². The van der Waals surface area contributed by atoms with E-state index in [0.29, 0.717) is 80.1 Å². The Labute approximate surface area is 685 Å². The molecule has 0 bridgehead atoms. The first kappa shape index (κ1) is 97.1. The van der Waals surface area contributed by atoms with Crippen molar-refractivity contribution < 1.29 is 161 Å². The summed E-state index contributed by atoms with van der Waals surface area (Å²) in [4.78, 5) is 108. The van der Waals surface area contributed by atoms with Crippen LogP contribution in [0.15, 0.2) is 127 Å². The van der Waals surface area contributed by atoms with Crippen molar-refractivity contribution in [3.63, 3.8) is 0 Å². The van der Waals surface area contributed by atoms with Gasteiger partial charge >= 0.3 is 55.4 Å². The number of aryl methyl sites for hydroxylation is 4. The number of imide groups is 2. The fourth-order valence-electron chi connectivity index (χ4n) is 14.9. The molecule has 0 spiro atoms. The summed E-state index contributed by atoms with van der Waals surface area (Å²) in [6.45, 7) is 12.0. The molecule has 0 aromatic heterocycles. The number of hydrogen-bond acceptors (Lipinski definition) is 13. The standard InChI is InChI=1S/C43H38F12O6.C42H35F9N2O6.CO2/c1-7-34(56)29-13-12-28(19-31(29)36(58)59)39(42(50,51)52,43(53,54)55)27-10-8-26(9-11-27)35(57)20-30-22(3)15-25(18-33(30)38(6,61)41(47,48)49)16-24-14-21(2)23(4)32(17-24)37(5,60)40(44,45)46;1-19-12-22(15-30(21(19)3)38(5,58)41(46,47)48)14-23-13-20(2)32(31(16-23)39(6,59)42(49,50)51)53-35(56)27-11-9-25(18-29(27)36(53)57)37(4,40(43,44)45)24-8-10-26-28(17-24)34(55)52(7)33(26)54;2-1-3/h8-15,17-19,60-61H,7,16,20H2,1-6H3,(H,58,59);8-13,15-18,58-59H,14H2,1-7H3;. The van der Waals surface area contributed by atoms with Gasteiger partial charge in [-0.25, -0.2) is 9.69 Å². The predicted molar refractivity (Wildman–Crippen MR) is 396 cm³/mol. The van der Waals surface area contributed by atoms with E-state index in [1.165, 1.54) is 72.7 Å². The van der Waals surface area contributed by atoms with Crippen molar-refractivity contribution in [2.45, 2.75) is 185 Å². The summed E-state index contributed by atoms with van der Waals surface area (Å²) >= 11 is 0. The first-order valence-corrected chi connectivity index (χ1v) is 36.3. The Kier molecular flexibility index (Phi) is 26.1. The Hall–Kier alpha value is -11.4. The zero-order valence-electron chi connectivity index (χ0n) is 66.7. The predicted octanol–water partition coefficient (Wildman–Crippen LogP) is 18.9. The van der Waals surface area contributed by atoms with E-state index in [9.17, 15) is 138 Å². The average Bonchev–Trinajstić information content (AvgIpc) is 1.48. The number of aliphatic hydroxyl groups is 4. The summed E-state index contributed by atoms with van der Waals surface area (Å²) in [5.74, 6) is -8.10. The molecule has 2 aliphatic rings. The maximum atomic E-state index is 15.1. The summed E-state index contributed by atoms with van der Waals surface area (Å²) in [7, 11) is 1.16. The summed E-state index contributed by atoms with van der Waals surface area (Å²) in [6, 6.07) is 17.5. The van der Waals surface area contributed by atoms with Crippen LogP contribution in [0, 0.1) is 41.5 Å². The minimum Gasteiger partial charge on any atom is -0.478 e. The second-order valence-electron chi connectivity index (χ2n) is 30.7. The molecule has 4 amide bonds. The van der Waals surface area contributed by atoms with E-state index in [4.69, 9.17) is 9.59 Å². The number of hydrogen-bond donors (Lipinski definition) is 5. The molecule has 10 rings (SSSR count). The molecule has 123 heavy (non-hydrogen) atoms. The van der Waals surface area contributed by atoms with E-state index in [2.05, 4.69) is 0 Å². The number of alkyl halides is 21. The Morgan fingerprint density at radius 3 is 1.11 bits per heavy atom. The number of carbonyl (C=O) groups excluding carboxylic acids is 8. The fraction of sp³-hybridized carbons (Fsp3) is 0.349. The van der Waals surface area contributed by atoms with Gasteiger partial charge in [0.05, 0.1) is 33.5 Å². The number of ketones is 2. The van der Waals surface area contributed by atoms with Gasteiger partial charge < -0.3 is 25.5 Å². The van der Waals surface area contributed by atoms with E-state index in [1.807, 2.05) is 0 Å². The number of Topliss-reactive ketones (excluding diaryl/α,β-unsaturated/α-hetero) is 2. The lowest BCUT2D eigenvalue weighted by molar-refractivity contribution is -0.288. The van der Waals surface area contributed by atoms with Crippen molar-refractivity contribution in [1.82, 2.24) is 4.90 Å². The minimum absolute atomic E-state index is 0.00723. The van der Waals surface area contributed by atoms with E-state index in [-0.39, 0.29) is 87.1 Å². The number of nitrogens with zero attached hydrogens (tertiary/aromatic N) is 2. The summed E-state index contributed by atoms with van der Waals surface area (Å²) in [5.41, 5.74) is -33.2. The normalized spacial score (nSPS) is 16.0. The van der Waals surface area contributed by atoms with Crippen molar-refractivity contribution >= 4 is 53.0 Å². The number of carboxylic acid groups (broad SMARTS) is 1. The van der Waals surface area contributed by atoms with Crippen LogP contribution < -0.4 is 4.90 Å². The molecule has 0 saturated heterocycles. The van der Waals surface area contributed by atoms with Gasteiger partial charge in [-0.3, -0.25) is 33.7 Å². The highest BCUT2D eigenvalue weighted by Crippen LogP contribution is 2.58. The maximum absolute atomic E-state index is 15.1. The summed E-state index contributed by atoms with van der Waals surface area (Å²) < 4.78 is 305. The molecule has 5 unspecified atom stereocenters. The molecule has 8 aromatic rings. The van der Waals surface area contributed by atoms with Gasteiger partial charge in [0, 0.05) is 36.6 Å². The first-order valence-electron chi connectivity index (χ1n) is 36.3. The fourth-order valence-corrected chi connectivity index (χ4v) is 14.9. The van der Waals surface area contributed by atoms with Gasteiger partial charge in [0.15, 0.2) is 34.0 Å². The van der Waals surface area contributed by atoms with Crippen LogP contribution in [-0.4, -0.2) is 128 Å². The van der Waals surface area contributed by atoms with Crippen LogP contribution in [0.2, 0.25) is 0 Å². The number of amides is 4. The van der Waals surface area contributed by atoms with E-state index < -0.39 is 208 Å². The lowest BCUT2D eigenvalue weighted by Gasteiger charge is -2.38. The Balaban J connectivity index is 0.000000296. The second kappa shape index (κ2) is 33.0. The van der Waals surface area contributed by atoms with Gasteiger partial charge in [-0.1, -0.05) is 104 Å². The molecule has 8 aromatic carbocycles. The maximum Gasteiger partial charge on any atom is 0.421 e. The van der Waals surface area contributed by atoms with Crippen molar-refractivity contribution in [1.29, 1.82) is 0 Å². The Bertz CT molecular complexity index is 5630. The van der Waals surface area contributed by atoms with E-state index in [1.54, 1.807) is 0 Å². The average molecular weight is 1760 g/mol. The Morgan fingerprint density at radius 1 is 0.374 bits per heavy atom. The quantitative estimate of drug-likeness (QED) is 0.0287. The highest BCUT2D eigenvalue weighted by Gasteiger charge is 2.73. The number of fused-ring (bicyclic) bond motifs is 2. The van der Waals surface area contributed by atoms with Crippen LogP contribution in [0.25, 0.3) is 0 Å². The van der Waals surface area contributed by atoms with Crippen LogP contribution >= 0.6 is 0 Å². The molecule has 37 heteroatoms. The molecule has 0 aliphatic carbocycles. The SMILES string of the molecule is CCC(=O)c1ccc(C(c2ccc(C(=O)Cc3c(C)cc(Cc4cc(C)c(C)c(C(C)(O)C(F)(F)F)c4)cc3C(C)(O)C(F)(F)F)cc2)(C(F)(F)F)C(F)(F)F)cc1C(=O)O.Cc1cc(Cc2cc(C)c(N3C(=O)c4ccc(C(C)(c5ccc6c(c5)C(=O)N(C)C6=O)C(F)(F)F)cc4C3=O)c(C(C)(O)C(F)(F)F)c2)cc(C(C)(O)C(F)(F)F)c1C.O=C=O. The third kappa shape index (κ3) is 17.3. The van der Waals surface area contributed by atoms with E-state index >= 15 is 13.2 Å². The molecular weight excluding hydrogens is 1680 g/mol. The summed E-state index contributed by atoms with van der Waals surface area (Å²) in [6.07, 6.45) is -40.3. The number of halogens is 21. The number of carbonyl (C=O) groups is 7.